The van der Waals surface area contributed by atoms with Crippen LogP contribution >= 0.6 is 0 Å². The van der Waals surface area contributed by atoms with E-state index >= 15 is 0 Å². The Morgan fingerprint density at radius 3 is 2.72 bits per heavy atom. The van der Waals surface area contributed by atoms with Gasteiger partial charge in [-0.1, -0.05) is 0 Å². The van der Waals surface area contributed by atoms with Gasteiger partial charge in [0, 0.05) is 31.4 Å². The third-order valence-corrected chi connectivity index (χ3v) is 4.39. The first kappa shape index (κ1) is 17.0. The van der Waals surface area contributed by atoms with E-state index in [0.29, 0.717) is 17.1 Å². The van der Waals surface area contributed by atoms with Gasteiger partial charge in [-0.25, -0.2) is 14.8 Å². The van der Waals surface area contributed by atoms with Gasteiger partial charge in [-0.2, -0.15) is 0 Å². The number of aryl methyl sites for hydroxylation is 1. The Hall–Kier alpha value is -2.83. The summed E-state index contributed by atoms with van der Waals surface area (Å²) in [5.41, 5.74) is 2.14. The van der Waals surface area contributed by atoms with Gasteiger partial charge < -0.3 is 10.0 Å². The topological polar surface area (TPSA) is 96.3 Å². The van der Waals surface area contributed by atoms with Gasteiger partial charge in [-0.15, -0.1) is 0 Å². The average molecular weight is 340 g/mol. The highest BCUT2D eigenvalue weighted by molar-refractivity contribution is 5.88. The van der Waals surface area contributed by atoms with E-state index in [2.05, 4.69) is 15.0 Å². The predicted molar refractivity (Wildman–Crippen MR) is 90.9 cm³/mol. The SMILES string of the molecule is CC(=O)N1CCCC[C@@H]1c1cc(-c2cncc(C(=O)O)c2)nc(C)n1. The van der Waals surface area contributed by atoms with Crippen molar-refractivity contribution in [2.24, 2.45) is 0 Å². The van der Waals surface area contributed by atoms with Crippen molar-refractivity contribution in [3.05, 3.63) is 41.6 Å². The normalized spacial score (nSPS) is 17.4. The zero-order valence-corrected chi connectivity index (χ0v) is 14.3. The second-order valence-corrected chi connectivity index (χ2v) is 6.22. The molecular weight excluding hydrogens is 320 g/mol. The largest absolute Gasteiger partial charge is 0.478 e. The lowest BCUT2D eigenvalue weighted by Gasteiger charge is -2.34. The summed E-state index contributed by atoms with van der Waals surface area (Å²) in [6, 6.07) is 3.31. The summed E-state index contributed by atoms with van der Waals surface area (Å²) >= 11 is 0. The molecule has 1 amide bonds. The van der Waals surface area contributed by atoms with Gasteiger partial charge >= 0.3 is 5.97 Å². The number of piperidine rings is 1. The molecule has 7 heteroatoms. The molecule has 2 aromatic heterocycles. The van der Waals surface area contributed by atoms with Crippen molar-refractivity contribution >= 4 is 11.9 Å². The Morgan fingerprint density at radius 2 is 2.00 bits per heavy atom. The molecule has 1 saturated heterocycles. The van der Waals surface area contributed by atoms with E-state index in [1.807, 2.05) is 11.0 Å². The monoisotopic (exact) mass is 340 g/mol. The molecule has 0 aromatic carbocycles. The van der Waals surface area contributed by atoms with E-state index < -0.39 is 5.97 Å². The second kappa shape index (κ2) is 6.96. The highest BCUT2D eigenvalue weighted by Crippen LogP contribution is 2.31. The second-order valence-electron chi connectivity index (χ2n) is 6.22. The van der Waals surface area contributed by atoms with E-state index in [9.17, 15) is 9.59 Å². The molecule has 3 heterocycles. The summed E-state index contributed by atoms with van der Waals surface area (Å²) < 4.78 is 0. The van der Waals surface area contributed by atoms with Crippen LogP contribution in [-0.4, -0.2) is 43.4 Å². The fourth-order valence-electron chi connectivity index (χ4n) is 3.22. The van der Waals surface area contributed by atoms with Crippen molar-refractivity contribution in [1.29, 1.82) is 0 Å². The smallest absolute Gasteiger partial charge is 0.337 e. The molecule has 2 aromatic rings. The van der Waals surface area contributed by atoms with Crippen LogP contribution in [0.15, 0.2) is 24.5 Å². The summed E-state index contributed by atoms with van der Waals surface area (Å²) in [5, 5.41) is 9.15. The van der Waals surface area contributed by atoms with Crippen molar-refractivity contribution in [1.82, 2.24) is 19.9 Å². The lowest BCUT2D eigenvalue weighted by molar-refractivity contribution is -0.132. The molecule has 1 N–H and O–H groups in total. The lowest BCUT2D eigenvalue weighted by Crippen LogP contribution is -2.37. The Morgan fingerprint density at radius 1 is 1.20 bits per heavy atom. The molecule has 1 fully saturated rings. The number of amides is 1. The van der Waals surface area contributed by atoms with Crippen LogP contribution in [0.1, 0.15) is 54.1 Å². The van der Waals surface area contributed by atoms with E-state index in [1.165, 1.54) is 6.20 Å². The van der Waals surface area contributed by atoms with Crippen molar-refractivity contribution in [2.45, 2.75) is 39.2 Å². The van der Waals surface area contributed by atoms with Crippen LogP contribution in [0.4, 0.5) is 0 Å². The molecule has 1 atom stereocenters. The summed E-state index contributed by atoms with van der Waals surface area (Å²) in [6.07, 6.45) is 5.80. The van der Waals surface area contributed by atoms with Crippen molar-refractivity contribution < 1.29 is 14.7 Å². The molecule has 0 radical (unpaired) electrons. The molecule has 7 nitrogen and oxygen atoms in total. The number of aromatic carboxylic acids is 1. The molecule has 0 saturated carbocycles. The number of aromatic nitrogens is 3. The molecule has 130 valence electrons. The molecule has 0 bridgehead atoms. The molecule has 25 heavy (non-hydrogen) atoms. The standard InChI is InChI=1S/C18H20N4O3/c1-11-20-15(13-7-14(18(24)25)10-19-9-13)8-16(21-11)17-5-3-4-6-22(17)12(2)23/h7-10,17H,3-6H2,1-2H3,(H,24,25)/t17-/m1/s1. The van der Waals surface area contributed by atoms with Crippen LogP contribution in [0.2, 0.25) is 0 Å². The Kier molecular flexibility index (Phi) is 4.74. The minimum absolute atomic E-state index is 0.0389. The van der Waals surface area contributed by atoms with Crippen LogP contribution < -0.4 is 0 Å². The average Bonchev–Trinajstić information content (AvgIpc) is 2.61. The maximum Gasteiger partial charge on any atom is 0.337 e. The minimum Gasteiger partial charge on any atom is -0.478 e. The zero-order chi connectivity index (χ0) is 18.0. The quantitative estimate of drug-likeness (QED) is 0.922. The third-order valence-electron chi connectivity index (χ3n) is 4.39. The molecule has 1 aliphatic heterocycles. The highest BCUT2D eigenvalue weighted by Gasteiger charge is 2.27. The minimum atomic E-state index is -1.03. The van der Waals surface area contributed by atoms with Crippen LogP contribution in [0.5, 0.6) is 0 Å². The number of pyridine rings is 1. The van der Waals surface area contributed by atoms with Crippen LogP contribution in [0.3, 0.4) is 0 Å². The number of nitrogens with zero attached hydrogens (tertiary/aromatic N) is 4. The summed E-state index contributed by atoms with van der Waals surface area (Å²) in [5.74, 6) is -0.408. The number of carboxylic acid groups (broad SMARTS) is 1. The Bertz CT molecular complexity index is 822. The number of carbonyl (C=O) groups is 2. The fourth-order valence-corrected chi connectivity index (χ4v) is 3.22. The van der Waals surface area contributed by atoms with Crippen LogP contribution in [-0.2, 0) is 4.79 Å². The maximum absolute atomic E-state index is 11.9. The first-order valence-electron chi connectivity index (χ1n) is 8.27. The van der Waals surface area contributed by atoms with E-state index in [0.717, 1.165) is 31.5 Å². The first-order valence-corrected chi connectivity index (χ1v) is 8.27. The zero-order valence-electron chi connectivity index (χ0n) is 14.3. The van der Waals surface area contributed by atoms with Gasteiger partial charge in [0.05, 0.1) is 23.0 Å². The number of carbonyl (C=O) groups excluding carboxylic acids is 1. The predicted octanol–water partition coefficient (Wildman–Crippen LogP) is 2.62. The number of likely N-dealkylation sites (tertiary alicyclic amines) is 1. The first-order chi connectivity index (χ1) is 12.0. The van der Waals surface area contributed by atoms with Crippen molar-refractivity contribution in [3.63, 3.8) is 0 Å². The van der Waals surface area contributed by atoms with E-state index in [1.54, 1.807) is 26.1 Å². The van der Waals surface area contributed by atoms with E-state index in [-0.39, 0.29) is 17.5 Å². The number of hydrogen-bond donors (Lipinski definition) is 1. The highest BCUT2D eigenvalue weighted by atomic mass is 16.4. The summed E-state index contributed by atoms with van der Waals surface area (Å²) in [7, 11) is 0. The molecule has 3 rings (SSSR count). The van der Waals surface area contributed by atoms with Gasteiger partial charge in [0.2, 0.25) is 5.91 Å². The van der Waals surface area contributed by atoms with Gasteiger partial charge in [-0.3, -0.25) is 9.78 Å². The third kappa shape index (κ3) is 3.65. The summed E-state index contributed by atoms with van der Waals surface area (Å²) in [6.45, 7) is 4.10. The fraction of sp³-hybridized carbons (Fsp3) is 0.389. The Balaban J connectivity index is 2.02. The lowest BCUT2D eigenvalue weighted by atomic mass is 9.98. The maximum atomic E-state index is 11.9. The molecule has 1 aliphatic rings. The van der Waals surface area contributed by atoms with Crippen molar-refractivity contribution in [3.8, 4) is 11.3 Å². The Labute approximate surface area is 145 Å². The van der Waals surface area contributed by atoms with Gasteiger partial charge in [-0.05, 0) is 38.3 Å². The molecule has 0 unspecified atom stereocenters. The van der Waals surface area contributed by atoms with Gasteiger partial charge in [0.1, 0.15) is 5.82 Å². The molecule has 0 spiro atoms. The summed E-state index contributed by atoms with van der Waals surface area (Å²) in [4.78, 5) is 37.9. The molecule has 0 aliphatic carbocycles. The van der Waals surface area contributed by atoms with Crippen LogP contribution in [0, 0.1) is 6.92 Å². The van der Waals surface area contributed by atoms with E-state index in [4.69, 9.17) is 5.11 Å². The number of rotatable bonds is 3. The van der Waals surface area contributed by atoms with Crippen LogP contribution in [0.25, 0.3) is 11.3 Å². The number of hydrogen-bond acceptors (Lipinski definition) is 5. The van der Waals surface area contributed by atoms with Gasteiger partial charge in [0.15, 0.2) is 0 Å². The van der Waals surface area contributed by atoms with Crippen molar-refractivity contribution in [2.75, 3.05) is 6.54 Å². The number of carboxylic acids is 1. The molecular formula is C18H20N4O3. The van der Waals surface area contributed by atoms with Gasteiger partial charge in [0.25, 0.3) is 0 Å².